The number of anilines is 2. The van der Waals surface area contributed by atoms with Crippen LogP contribution in [0.4, 0.5) is 10.9 Å². The van der Waals surface area contributed by atoms with Gasteiger partial charge in [0.2, 0.25) is 12.3 Å². The zero-order valence-electron chi connectivity index (χ0n) is 16.9. The number of para-hydroxylation sites is 1. The van der Waals surface area contributed by atoms with Gasteiger partial charge in [-0.05, 0) is 19.1 Å². The smallest absolute Gasteiger partial charge is 0.350 e. The fourth-order valence-electron chi connectivity index (χ4n) is 3.38. The van der Waals surface area contributed by atoms with Crippen molar-refractivity contribution in [3.63, 3.8) is 0 Å². The minimum absolute atomic E-state index is 0.219. The number of fused-ring (bicyclic) bond motifs is 1. The molecule has 8 heteroatoms. The van der Waals surface area contributed by atoms with Crippen LogP contribution >= 0.6 is 11.3 Å². The summed E-state index contributed by atoms with van der Waals surface area (Å²) in [6.07, 6.45) is 0.593. The average Bonchev–Trinajstić information content (AvgIpc) is 3.37. The molecule has 0 fully saturated rings. The predicted octanol–water partition coefficient (Wildman–Crippen LogP) is 4.90. The Bertz CT molecular complexity index is 1280. The molecule has 0 N–H and O–H groups in total. The van der Waals surface area contributed by atoms with Gasteiger partial charge in [0.25, 0.3) is 0 Å². The van der Waals surface area contributed by atoms with E-state index in [0.717, 1.165) is 22.3 Å². The first kappa shape index (κ1) is 20.5. The van der Waals surface area contributed by atoms with Crippen LogP contribution in [0.1, 0.15) is 28.3 Å². The predicted molar refractivity (Wildman–Crippen MR) is 120 cm³/mol. The highest BCUT2D eigenvalue weighted by atomic mass is 32.1. The Morgan fingerprint density at radius 1 is 1.13 bits per heavy atom. The molecular formula is C23H19N3O4S. The number of carbonyl (C=O) groups excluding carboxylic acids is 3. The van der Waals surface area contributed by atoms with Crippen LogP contribution in [0.3, 0.4) is 0 Å². The van der Waals surface area contributed by atoms with Crippen molar-refractivity contribution in [1.29, 1.82) is 0 Å². The van der Waals surface area contributed by atoms with Gasteiger partial charge in [0.1, 0.15) is 10.7 Å². The second-order valence-electron chi connectivity index (χ2n) is 6.65. The molecule has 2 aromatic carbocycles. The van der Waals surface area contributed by atoms with Crippen LogP contribution in [-0.4, -0.2) is 34.4 Å². The van der Waals surface area contributed by atoms with Gasteiger partial charge in [0.15, 0.2) is 5.13 Å². The average molecular weight is 433 g/mol. The van der Waals surface area contributed by atoms with Gasteiger partial charge in [-0.2, -0.15) is 0 Å². The Morgan fingerprint density at radius 2 is 1.84 bits per heavy atom. The number of benzene rings is 2. The summed E-state index contributed by atoms with van der Waals surface area (Å²) in [4.78, 5) is 43.3. The second-order valence-corrected chi connectivity index (χ2v) is 7.63. The minimum atomic E-state index is -0.511. The van der Waals surface area contributed by atoms with Gasteiger partial charge < -0.3 is 4.74 Å². The van der Waals surface area contributed by atoms with Gasteiger partial charge in [-0.15, -0.1) is 0 Å². The number of aromatic nitrogens is 2. The van der Waals surface area contributed by atoms with Gasteiger partial charge in [-0.1, -0.05) is 59.9 Å². The first-order valence-electron chi connectivity index (χ1n) is 9.64. The van der Waals surface area contributed by atoms with Gasteiger partial charge >= 0.3 is 5.97 Å². The maximum Gasteiger partial charge on any atom is 0.350 e. The van der Waals surface area contributed by atoms with E-state index in [4.69, 9.17) is 4.74 Å². The van der Waals surface area contributed by atoms with Crippen LogP contribution in [0.2, 0.25) is 0 Å². The summed E-state index contributed by atoms with van der Waals surface area (Å²) in [6.45, 7) is 3.38. The number of thiazole rings is 1. The molecule has 1 amide bonds. The van der Waals surface area contributed by atoms with Gasteiger partial charge in [-0.25, -0.2) is 14.7 Å². The number of carbonyl (C=O) groups is 3. The third-order valence-electron chi connectivity index (χ3n) is 4.69. The van der Waals surface area contributed by atoms with E-state index in [-0.39, 0.29) is 17.6 Å². The van der Waals surface area contributed by atoms with Crippen LogP contribution in [0.5, 0.6) is 0 Å². The van der Waals surface area contributed by atoms with Gasteiger partial charge in [0, 0.05) is 17.9 Å². The lowest BCUT2D eigenvalue weighted by atomic mass is 10.1. The van der Waals surface area contributed by atoms with Crippen molar-refractivity contribution in [1.82, 2.24) is 9.55 Å². The fraction of sp³-hybridized carbons (Fsp3) is 0.130. The lowest BCUT2D eigenvalue weighted by Crippen LogP contribution is -2.20. The Balaban J connectivity index is 1.90. The SMILES string of the molecule is CCOC(=O)c1sc(N(C=O)c2cc3ccccc3n2C(C)=O)nc1-c1ccccc1. The lowest BCUT2D eigenvalue weighted by molar-refractivity contribution is -0.106. The molecule has 31 heavy (non-hydrogen) atoms. The standard InChI is InChI=1S/C23H19N3O4S/c1-3-30-22(29)21-20(16-9-5-4-6-10-16)24-23(31-21)25(14-27)19-13-17-11-7-8-12-18(17)26(19)15(2)28/h4-14H,3H2,1-2H3. The van der Waals surface area contributed by atoms with Crippen LogP contribution < -0.4 is 4.90 Å². The highest BCUT2D eigenvalue weighted by Gasteiger charge is 2.26. The summed E-state index contributed by atoms with van der Waals surface area (Å²) in [7, 11) is 0. The van der Waals surface area contributed by atoms with Crippen LogP contribution in [0.25, 0.3) is 22.2 Å². The number of rotatable bonds is 6. The number of amides is 1. The quantitative estimate of drug-likeness (QED) is 0.319. The highest BCUT2D eigenvalue weighted by molar-refractivity contribution is 7.18. The van der Waals surface area contributed by atoms with Crippen LogP contribution in [0.15, 0.2) is 60.7 Å². The molecule has 4 aromatic rings. The van der Waals surface area contributed by atoms with E-state index in [1.807, 2.05) is 54.6 Å². The van der Waals surface area contributed by atoms with E-state index in [1.54, 1.807) is 13.0 Å². The third kappa shape index (κ3) is 3.73. The summed E-state index contributed by atoms with van der Waals surface area (Å²) in [5.41, 5.74) is 1.84. The van der Waals surface area contributed by atoms with E-state index in [2.05, 4.69) is 4.98 Å². The van der Waals surface area contributed by atoms with Crippen molar-refractivity contribution in [2.24, 2.45) is 0 Å². The monoisotopic (exact) mass is 433 g/mol. The van der Waals surface area contributed by atoms with E-state index in [0.29, 0.717) is 28.3 Å². The summed E-state index contributed by atoms with van der Waals surface area (Å²) >= 11 is 1.04. The Hall–Kier alpha value is -3.78. The molecule has 0 radical (unpaired) electrons. The van der Waals surface area contributed by atoms with Crippen LogP contribution in [-0.2, 0) is 9.53 Å². The molecule has 0 spiro atoms. The molecule has 2 heterocycles. The summed E-state index contributed by atoms with van der Waals surface area (Å²) < 4.78 is 6.65. The second kappa shape index (κ2) is 8.53. The van der Waals surface area contributed by atoms with Crippen LogP contribution in [0, 0.1) is 0 Å². The Labute approximate surface area is 182 Å². The van der Waals surface area contributed by atoms with Crippen molar-refractivity contribution in [3.05, 3.63) is 65.5 Å². The summed E-state index contributed by atoms with van der Waals surface area (Å²) in [5, 5.41) is 1.08. The molecule has 156 valence electrons. The molecule has 0 unspecified atom stereocenters. The molecule has 0 aliphatic rings. The zero-order valence-corrected chi connectivity index (χ0v) is 17.8. The molecular weight excluding hydrogens is 414 g/mol. The molecule has 7 nitrogen and oxygen atoms in total. The molecule has 2 aromatic heterocycles. The number of hydrogen-bond donors (Lipinski definition) is 0. The van der Waals surface area contributed by atoms with E-state index < -0.39 is 5.97 Å². The zero-order chi connectivity index (χ0) is 22.0. The fourth-order valence-corrected chi connectivity index (χ4v) is 4.34. The first-order valence-corrected chi connectivity index (χ1v) is 10.5. The summed E-state index contributed by atoms with van der Waals surface area (Å²) in [6, 6.07) is 18.3. The van der Waals surface area contributed by atoms with Crippen molar-refractivity contribution in [3.8, 4) is 11.3 Å². The van der Waals surface area contributed by atoms with Crippen molar-refractivity contribution in [2.45, 2.75) is 13.8 Å². The topological polar surface area (TPSA) is 81.5 Å². The van der Waals surface area contributed by atoms with E-state index in [9.17, 15) is 14.4 Å². The maximum absolute atomic E-state index is 12.6. The number of hydrogen-bond acceptors (Lipinski definition) is 6. The minimum Gasteiger partial charge on any atom is -0.462 e. The lowest BCUT2D eigenvalue weighted by Gasteiger charge is -2.15. The number of ether oxygens (including phenoxy) is 1. The van der Waals surface area contributed by atoms with E-state index in [1.165, 1.54) is 16.4 Å². The van der Waals surface area contributed by atoms with Crippen molar-refractivity contribution >= 4 is 51.5 Å². The van der Waals surface area contributed by atoms with Gasteiger partial charge in [-0.3, -0.25) is 14.2 Å². The highest BCUT2D eigenvalue weighted by Crippen LogP contribution is 2.38. The van der Waals surface area contributed by atoms with Gasteiger partial charge in [0.05, 0.1) is 17.8 Å². The number of esters is 1. The molecule has 0 saturated carbocycles. The van der Waals surface area contributed by atoms with Crippen molar-refractivity contribution < 1.29 is 19.1 Å². The normalized spacial score (nSPS) is 10.8. The van der Waals surface area contributed by atoms with E-state index >= 15 is 0 Å². The molecule has 0 aliphatic carbocycles. The molecule has 0 saturated heterocycles. The molecule has 0 bridgehead atoms. The number of nitrogens with zero attached hydrogens (tertiary/aromatic N) is 3. The Kier molecular flexibility index (Phi) is 5.64. The molecule has 4 rings (SSSR count). The van der Waals surface area contributed by atoms with Crippen molar-refractivity contribution in [2.75, 3.05) is 11.5 Å². The largest absolute Gasteiger partial charge is 0.462 e. The molecule has 0 atom stereocenters. The summed E-state index contributed by atoms with van der Waals surface area (Å²) in [5.74, 6) is -0.399. The first-order chi connectivity index (χ1) is 15.0. The third-order valence-corrected chi connectivity index (χ3v) is 5.72. The molecule has 0 aliphatic heterocycles. The maximum atomic E-state index is 12.6. The Morgan fingerprint density at radius 3 is 2.52 bits per heavy atom.